The van der Waals surface area contributed by atoms with Crippen LogP contribution in [0.25, 0.3) is 0 Å². The summed E-state index contributed by atoms with van der Waals surface area (Å²) in [4.78, 5) is 8.22. The molecule has 0 spiro atoms. The van der Waals surface area contributed by atoms with Crippen molar-refractivity contribution in [3.05, 3.63) is 17.5 Å². The summed E-state index contributed by atoms with van der Waals surface area (Å²) < 4.78 is 5.45. The summed E-state index contributed by atoms with van der Waals surface area (Å²) in [6.07, 6.45) is 3.69. The first kappa shape index (κ1) is 10.9. The first-order valence-corrected chi connectivity index (χ1v) is 5.48. The standard InChI is InChI=1S/C11H16N4O/c1-7-6-9(10(12)13)15-11(14-7)16-5-4-8-2-3-8/h6,8H,2-5H2,1H3,(H3,12,13). The van der Waals surface area contributed by atoms with E-state index in [4.69, 9.17) is 15.9 Å². The van der Waals surface area contributed by atoms with Gasteiger partial charge in [-0.15, -0.1) is 0 Å². The SMILES string of the molecule is Cc1cc(C(=N)N)nc(OCCC2CC2)n1. The van der Waals surface area contributed by atoms with E-state index in [1.54, 1.807) is 6.07 Å². The number of amidine groups is 1. The summed E-state index contributed by atoms with van der Waals surface area (Å²) in [5.74, 6) is 0.773. The summed E-state index contributed by atoms with van der Waals surface area (Å²) in [5, 5.41) is 7.32. The summed E-state index contributed by atoms with van der Waals surface area (Å²) in [7, 11) is 0. The Kier molecular flexibility index (Phi) is 3.03. The molecule has 86 valence electrons. The van der Waals surface area contributed by atoms with Gasteiger partial charge in [-0.25, -0.2) is 4.98 Å². The second-order valence-corrected chi connectivity index (χ2v) is 4.17. The van der Waals surface area contributed by atoms with Crippen molar-refractivity contribution in [3.63, 3.8) is 0 Å². The maximum atomic E-state index is 7.32. The lowest BCUT2D eigenvalue weighted by Gasteiger charge is -2.06. The van der Waals surface area contributed by atoms with Gasteiger partial charge >= 0.3 is 6.01 Å². The normalized spacial score (nSPS) is 14.8. The molecular formula is C11H16N4O. The van der Waals surface area contributed by atoms with Crippen molar-refractivity contribution in [2.45, 2.75) is 26.2 Å². The molecule has 16 heavy (non-hydrogen) atoms. The molecule has 1 fully saturated rings. The molecule has 1 aliphatic carbocycles. The minimum atomic E-state index is -0.0578. The van der Waals surface area contributed by atoms with Crippen LogP contribution in [0.15, 0.2) is 6.07 Å². The molecule has 1 aliphatic rings. The Morgan fingerprint density at radius 3 is 2.94 bits per heavy atom. The van der Waals surface area contributed by atoms with E-state index >= 15 is 0 Å². The summed E-state index contributed by atoms with van der Waals surface area (Å²) in [5.41, 5.74) is 6.57. The highest BCUT2D eigenvalue weighted by atomic mass is 16.5. The van der Waals surface area contributed by atoms with Crippen LogP contribution >= 0.6 is 0 Å². The molecule has 5 nitrogen and oxygen atoms in total. The zero-order chi connectivity index (χ0) is 11.5. The van der Waals surface area contributed by atoms with Crippen LogP contribution in [0.2, 0.25) is 0 Å². The zero-order valence-electron chi connectivity index (χ0n) is 9.36. The number of hydrogen-bond donors (Lipinski definition) is 2. The van der Waals surface area contributed by atoms with Crippen LogP contribution in [0.1, 0.15) is 30.7 Å². The van der Waals surface area contributed by atoms with Crippen molar-refractivity contribution in [3.8, 4) is 6.01 Å². The highest BCUT2D eigenvalue weighted by Crippen LogP contribution is 2.32. The molecule has 0 saturated heterocycles. The number of aryl methyl sites for hydroxylation is 1. The Hall–Kier alpha value is -1.65. The predicted octanol–water partition coefficient (Wildman–Crippen LogP) is 1.25. The monoisotopic (exact) mass is 220 g/mol. The lowest BCUT2D eigenvalue weighted by molar-refractivity contribution is 0.278. The molecule has 1 heterocycles. The van der Waals surface area contributed by atoms with Crippen LogP contribution in [-0.4, -0.2) is 22.4 Å². The quantitative estimate of drug-likeness (QED) is 0.577. The van der Waals surface area contributed by atoms with Crippen molar-refractivity contribution in [2.24, 2.45) is 11.7 Å². The maximum Gasteiger partial charge on any atom is 0.317 e. The number of rotatable bonds is 5. The summed E-state index contributed by atoms with van der Waals surface area (Å²) in [6.45, 7) is 2.48. The molecule has 1 saturated carbocycles. The molecule has 2 rings (SSSR count). The molecule has 0 aliphatic heterocycles. The Morgan fingerprint density at radius 2 is 2.31 bits per heavy atom. The van der Waals surface area contributed by atoms with Crippen molar-refractivity contribution in [1.82, 2.24) is 9.97 Å². The van der Waals surface area contributed by atoms with Crippen molar-refractivity contribution in [1.29, 1.82) is 5.41 Å². The van der Waals surface area contributed by atoms with Crippen LogP contribution in [0.4, 0.5) is 0 Å². The lowest BCUT2D eigenvalue weighted by Crippen LogP contribution is -2.15. The van der Waals surface area contributed by atoms with Gasteiger partial charge in [-0.1, -0.05) is 12.8 Å². The van der Waals surface area contributed by atoms with Gasteiger partial charge in [0.15, 0.2) is 0 Å². The van der Waals surface area contributed by atoms with Gasteiger partial charge in [-0.05, 0) is 25.3 Å². The summed E-state index contributed by atoms with van der Waals surface area (Å²) in [6, 6.07) is 2.00. The minimum Gasteiger partial charge on any atom is -0.463 e. The molecule has 3 N–H and O–H groups in total. The molecule has 0 radical (unpaired) electrons. The van der Waals surface area contributed by atoms with Gasteiger partial charge in [0.05, 0.1) is 6.61 Å². The van der Waals surface area contributed by atoms with Crippen molar-refractivity contribution in [2.75, 3.05) is 6.61 Å². The van der Waals surface area contributed by atoms with Gasteiger partial charge in [0.2, 0.25) is 0 Å². The van der Waals surface area contributed by atoms with Crippen LogP contribution in [0.3, 0.4) is 0 Å². The molecular weight excluding hydrogens is 204 g/mol. The minimum absolute atomic E-state index is 0.0578. The number of nitrogens with two attached hydrogens (primary N) is 1. The van der Waals surface area contributed by atoms with Crippen LogP contribution < -0.4 is 10.5 Å². The largest absolute Gasteiger partial charge is 0.463 e. The van der Waals surface area contributed by atoms with Crippen molar-refractivity contribution >= 4 is 5.84 Å². The third-order valence-corrected chi connectivity index (χ3v) is 2.56. The van der Waals surface area contributed by atoms with Gasteiger partial charge < -0.3 is 10.5 Å². The van der Waals surface area contributed by atoms with E-state index in [0.717, 1.165) is 18.0 Å². The van der Waals surface area contributed by atoms with E-state index in [2.05, 4.69) is 9.97 Å². The Labute approximate surface area is 94.6 Å². The maximum absolute atomic E-state index is 7.32. The number of ether oxygens (including phenoxy) is 1. The lowest BCUT2D eigenvalue weighted by atomic mass is 10.3. The van der Waals surface area contributed by atoms with Gasteiger partial charge in [0.25, 0.3) is 0 Å². The Morgan fingerprint density at radius 1 is 1.56 bits per heavy atom. The second kappa shape index (κ2) is 4.47. The molecule has 0 atom stereocenters. The fourth-order valence-electron chi connectivity index (χ4n) is 1.47. The topological polar surface area (TPSA) is 84.9 Å². The van der Waals surface area contributed by atoms with E-state index < -0.39 is 0 Å². The van der Waals surface area contributed by atoms with Gasteiger partial charge in [0.1, 0.15) is 11.5 Å². The molecule has 0 bridgehead atoms. The highest BCUT2D eigenvalue weighted by molar-refractivity contribution is 5.93. The van der Waals surface area contributed by atoms with E-state index in [1.807, 2.05) is 6.92 Å². The third-order valence-electron chi connectivity index (χ3n) is 2.56. The average Bonchev–Trinajstić information content (AvgIpc) is 3.01. The first-order chi connectivity index (χ1) is 7.65. The predicted molar refractivity (Wildman–Crippen MR) is 60.6 cm³/mol. The Bertz CT molecular complexity index is 401. The molecule has 1 aromatic heterocycles. The van der Waals surface area contributed by atoms with Gasteiger partial charge in [0, 0.05) is 5.69 Å². The van der Waals surface area contributed by atoms with Gasteiger partial charge in [-0.2, -0.15) is 4.98 Å². The highest BCUT2D eigenvalue weighted by Gasteiger charge is 2.20. The van der Waals surface area contributed by atoms with E-state index in [9.17, 15) is 0 Å². The summed E-state index contributed by atoms with van der Waals surface area (Å²) >= 11 is 0. The number of aromatic nitrogens is 2. The average molecular weight is 220 g/mol. The fraction of sp³-hybridized carbons (Fsp3) is 0.545. The van der Waals surface area contributed by atoms with E-state index in [0.29, 0.717) is 18.3 Å². The number of nitrogen functional groups attached to an aromatic ring is 1. The number of nitrogens with one attached hydrogen (secondary N) is 1. The molecule has 0 amide bonds. The van der Waals surface area contributed by atoms with Crippen molar-refractivity contribution < 1.29 is 4.74 Å². The van der Waals surface area contributed by atoms with E-state index in [-0.39, 0.29) is 5.84 Å². The number of nitrogens with zero attached hydrogens (tertiary/aromatic N) is 2. The third kappa shape index (κ3) is 2.92. The van der Waals surface area contributed by atoms with E-state index in [1.165, 1.54) is 12.8 Å². The number of hydrogen-bond acceptors (Lipinski definition) is 4. The molecule has 0 unspecified atom stereocenters. The van der Waals surface area contributed by atoms with Crippen LogP contribution in [0, 0.1) is 18.3 Å². The molecule has 1 aromatic rings. The first-order valence-electron chi connectivity index (χ1n) is 5.48. The smallest absolute Gasteiger partial charge is 0.317 e. The molecule has 0 aromatic carbocycles. The Balaban J connectivity index is 1.98. The fourth-order valence-corrected chi connectivity index (χ4v) is 1.47. The van der Waals surface area contributed by atoms with Gasteiger partial charge in [-0.3, -0.25) is 5.41 Å². The second-order valence-electron chi connectivity index (χ2n) is 4.17. The van der Waals surface area contributed by atoms with Crippen LogP contribution in [0.5, 0.6) is 6.01 Å². The van der Waals surface area contributed by atoms with Crippen LogP contribution in [-0.2, 0) is 0 Å². The zero-order valence-corrected chi connectivity index (χ0v) is 9.36. The molecule has 5 heteroatoms.